The van der Waals surface area contributed by atoms with Gasteiger partial charge in [-0.25, -0.2) is 9.97 Å². The highest BCUT2D eigenvalue weighted by atomic mass is 32.2. The zero-order valence-corrected chi connectivity index (χ0v) is 14.0. The van der Waals surface area contributed by atoms with E-state index in [2.05, 4.69) is 38.7 Å². The van der Waals surface area contributed by atoms with Gasteiger partial charge in [0.25, 0.3) is 0 Å². The Morgan fingerprint density at radius 2 is 1.96 bits per heavy atom. The molecular formula is C16H19N5OS. The second kappa shape index (κ2) is 6.87. The van der Waals surface area contributed by atoms with Crippen LogP contribution in [0.5, 0.6) is 0 Å². The number of imidazole rings is 1. The number of aromatic amines is 1. The van der Waals surface area contributed by atoms with Crippen LogP contribution in [0, 0.1) is 0 Å². The Hall–Kier alpha value is -2.28. The average Bonchev–Trinajstić information content (AvgIpc) is 3.00. The predicted octanol–water partition coefficient (Wildman–Crippen LogP) is 2.51. The highest BCUT2D eigenvalue weighted by molar-refractivity contribution is 7.84. The van der Waals surface area contributed by atoms with Gasteiger partial charge in [0.05, 0.1) is 27.8 Å². The second-order valence-corrected chi connectivity index (χ2v) is 6.43. The molecule has 0 aromatic carbocycles. The van der Waals surface area contributed by atoms with Crippen LogP contribution in [-0.2, 0) is 16.6 Å². The number of pyridine rings is 2. The molecule has 0 amide bonds. The van der Waals surface area contributed by atoms with Gasteiger partial charge in [-0.1, -0.05) is 6.07 Å². The number of anilines is 1. The van der Waals surface area contributed by atoms with Gasteiger partial charge in [0.1, 0.15) is 5.82 Å². The predicted molar refractivity (Wildman–Crippen MR) is 91.8 cm³/mol. The van der Waals surface area contributed by atoms with Gasteiger partial charge in [-0.3, -0.25) is 9.19 Å². The number of rotatable bonds is 6. The molecule has 0 bridgehead atoms. The summed E-state index contributed by atoms with van der Waals surface area (Å²) in [5.74, 6) is 1.22. The highest BCUT2D eigenvalue weighted by Crippen LogP contribution is 2.18. The molecule has 3 aromatic heterocycles. The van der Waals surface area contributed by atoms with E-state index in [1.54, 1.807) is 6.20 Å². The molecular weight excluding hydrogens is 310 g/mol. The van der Waals surface area contributed by atoms with Crippen molar-refractivity contribution in [3.63, 3.8) is 0 Å². The first-order valence-electron chi connectivity index (χ1n) is 7.61. The lowest BCUT2D eigenvalue weighted by atomic mass is 10.4. The first-order valence-corrected chi connectivity index (χ1v) is 8.93. The number of nitrogens with one attached hydrogen (secondary N) is 1. The minimum Gasteiger partial charge on any atom is -0.357 e. The van der Waals surface area contributed by atoms with Gasteiger partial charge in [-0.2, -0.15) is 0 Å². The van der Waals surface area contributed by atoms with Crippen molar-refractivity contribution < 1.29 is 4.21 Å². The van der Waals surface area contributed by atoms with Crippen molar-refractivity contribution in [1.29, 1.82) is 0 Å². The van der Waals surface area contributed by atoms with Gasteiger partial charge >= 0.3 is 0 Å². The van der Waals surface area contributed by atoms with Crippen LogP contribution >= 0.6 is 0 Å². The molecule has 0 aliphatic heterocycles. The SMILES string of the molecule is CCN(CC)c1ccc2[nH]c(S(=O)Cc3ccccn3)nc2n1. The summed E-state index contributed by atoms with van der Waals surface area (Å²) in [6.45, 7) is 5.95. The Morgan fingerprint density at radius 3 is 2.65 bits per heavy atom. The molecule has 1 N–H and O–H groups in total. The quantitative estimate of drug-likeness (QED) is 0.752. The van der Waals surface area contributed by atoms with Gasteiger partial charge in [0.2, 0.25) is 0 Å². The van der Waals surface area contributed by atoms with Crippen LogP contribution in [0.1, 0.15) is 19.5 Å². The molecule has 1 unspecified atom stereocenters. The number of aromatic nitrogens is 4. The molecule has 7 heteroatoms. The van der Waals surface area contributed by atoms with Gasteiger partial charge in [0.15, 0.2) is 10.8 Å². The smallest absolute Gasteiger partial charge is 0.199 e. The Morgan fingerprint density at radius 1 is 1.13 bits per heavy atom. The average molecular weight is 329 g/mol. The van der Waals surface area contributed by atoms with Crippen LogP contribution in [0.4, 0.5) is 5.82 Å². The lowest BCUT2D eigenvalue weighted by Gasteiger charge is -2.19. The van der Waals surface area contributed by atoms with Crippen LogP contribution < -0.4 is 4.90 Å². The zero-order valence-electron chi connectivity index (χ0n) is 13.2. The highest BCUT2D eigenvalue weighted by Gasteiger charge is 2.13. The molecule has 0 radical (unpaired) electrons. The molecule has 1 atom stereocenters. The van der Waals surface area contributed by atoms with E-state index in [4.69, 9.17) is 0 Å². The molecule has 23 heavy (non-hydrogen) atoms. The molecule has 0 aliphatic rings. The summed E-state index contributed by atoms with van der Waals surface area (Å²) >= 11 is 0. The molecule has 0 saturated carbocycles. The van der Waals surface area contributed by atoms with Crippen LogP contribution in [-0.4, -0.2) is 37.2 Å². The molecule has 0 saturated heterocycles. The van der Waals surface area contributed by atoms with E-state index in [1.807, 2.05) is 30.3 Å². The van der Waals surface area contributed by atoms with Gasteiger partial charge in [-0.15, -0.1) is 0 Å². The van der Waals surface area contributed by atoms with Crippen molar-refractivity contribution >= 4 is 27.8 Å². The number of H-pyrrole nitrogens is 1. The maximum Gasteiger partial charge on any atom is 0.199 e. The monoisotopic (exact) mass is 329 g/mol. The van der Waals surface area contributed by atoms with Crippen molar-refractivity contribution in [2.45, 2.75) is 24.8 Å². The largest absolute Gasteiger partial charge is 0.357 e. The van der Waals surface area contributed by atoms with Crippen molar-refractivity contribution in [3.8, 4) is 0 Å². The summed E-state index contributed by atoms with van der Waals surface area (Å²) < 4.78 is 12.5. The van der Waals surface area contributed by atoms with Crippen molar-refractivity contribution in [2.24, 2.45) is 0 Å². The van der Waals surface area contributed by atoms with Crippen molar-refractivity contribution in [3.05, 3.63) is 42.2 Å². The topological polar surface area (TPSA) is 74.8 Å². The van der Waals surface area contributed by atoms with E-state index in [0.717, 1.165) is 30.1 Å². The molecule has 120 valence electrons. The summed E-state index contributed by atoms with van der Waals surface area (Å²) in [6, 6.07) is 9.48. The standard InChI is InChI=1S/C16H19N5OS/c1-3-21(4-2)14-9-8-13-15(19-14)20-16(18-13)23(22)11-12-7-5-6-10-17-12/h5-10H,3-4,11H2,1-2H3,(H,18,19,20). The van der Waals surface area contributed by atoms with Crippen molar-refractivity contribution in [1.82, 2.24) is 19.9 Å². The Kier molecular flexibility index (Phi) is 4.66. The summed E-state index contributed by atoms with van der Waals surface area (Å²) in [6.07, 6.45) is 1.70. The van der Waals surface area contributed by atoms with Crippen LogP contribution in [0.3, 0.4) is 0 Å². The fourth-order valence-electron chi connectivity index (χ4n) is 2.38. The number of fused-ring (bicyclic) bond motifs is 1. The number of hydrogen-bond donors (Lipinski definition) is 1. The lowest BCUT2D eigenvalue weighted by molar-refractivity contribution is 0.677. The molecule has 3 aromatic rings. The third kappa shape index (κ3) is 3.39. The summed E-state index contributed by atoms with van der Waals surface area (Å²) in [5.41, 5.74) is 2.17. The third-order valence-corrected chi connectivity index (χ3v) is 4.80. The zero-order chi connectivity index (χ0) is 16.2. The maximum absolute atomic E-state index is 12.5. The second-order valence-electron chi connectivity index (χ2n) is 5.07. The first kappa shape index (κ1) is 15.6. The fraction of sp³-hybridized carbons (Fsp3) is 0.312. The maximum atomic E-state index is 12.5. The van der Waals surface area contributed by atoms with Crippen LogP contribution in [0.2, 0.25) is 0 Å². The minimum atomic E-state index is -1.27. The fourth-order valence-corrected chi connectivity index (χ4v) is 3.37. The van der Waals surface area contributed by atoms with Crippen molar-refractivity contribution in [2.75, 3.05) is 18.0 Å². The van der Waals surface area contributed by atoms with Crippen LogP contribution in [0.25, 0.3) is 11.2 Å². The Labute approximate surface area is 137 Å². The molecule has 6 nitrogen and oxygen atoms in total. The van der Waals surface area contributed by atoms with Gasteiger partial charge < -0.3 is 9.88 Å². The lowest BCUT2D eigenvalue weighted by Crippen LogP contribution is -2.22. The summed E-state index contributed by atoms with van der Waals surface area (Å²) in [4.78, 5) is 18.4. The van der Waals surface area contributed by atoms with E-state index < -0.39 is 10.8 Å². The number of hydrogen-bond acceptors (Lipinski definition) is 5. The van der Waals surface area contributed by atoms with Crippen LogP contribution in [0.15, 0.2) is 41.7 Å². The van der Waals surface area contributed by atoms with E-state index >= 15 is 0 Å². The number of nitrogens with zero attached hydrogens (tertiary/aromatic N) is 4. The van der Waals surface area contributed by atoms with E-state index in [1.165, 1.54) is 0 Å². The molecule has 0 fully saturated rings. The molecule has 3 rings (SSSR count). The first-order chi connectivity index (χ1) is 11.2. The minimum absolute atomic E-state index is 0.337. The third-order valence-electron chi connectivity index (χ3n) is 3.62. The summed E-state index contributed by atoms with van der Waals surface area (Å²) in [5, 5.41) is 0.440. The summed E-state index contributed by atoms with van der Waals surface area (Å²) in [7, 11) is -1.27. The van der Waals surface area contributed by atoms with E-state index in [0.29, 0.717) is 16.6 Å². The van der Waals surface area contributed by atoms with Gasteiger partial charge in [-0.05, 0) is 38.1 Å². The van der Waals surface area contributed by atoms with E-state index in [-0.39, 0.29) is 0 Å². The van der Waals surface area contributed by atoms with Gasteiger partial charge in [0, 0.05) is 19.3 Å². The van der Waals surface area contributed by atoms with E-state index in [9.17, 15) is 4.21 Å². The Bertz CT molecular complexity index is 814. The molecule has 0 aliphatic carbocycles. The normalized spacial score (nSPS) is 12.4. The Balaban J connectivity index is 1.86. The molecule has 0 spiro atoms. The molecule has 3 heterocycles.